The molecule has 0 saturated carbocycles. The minimum absolute atomic E-state index is 0.0281. The van der Waals surface area contributed by atoms with Crippen LogP contribution in [0.1, 0.15) is 40.2 Å². The summed E-state index contributed by atoms with van der Waals surface area (Å²) >= 11 is 0. The van der Waals surface area contributed by atoms with Gasteiger partial charge in [0, 0.05) is 45.1 Å². The first-order chi connectivity index (χ1) is 13.0. The van der Waals surface area contributed by atoms with Crippen molar-refractivity contribution in [3.8, 4) is 0 Å². The fraction of sp³-hybridized carbons (Fsp3) is 0.556. The van der Waals surface area contributed by atoms with Gasteiger partial charge in [-0.25, -0.2) is 9.97 Å². The highest BCUT2D eigenvalue weighted by Gasteiger charge is 2.32. The molecular weight excluding hydrogens is 350 g/mol. The van der Waals surface area contributed by atoms with Crippen LogP contribution >= 0.6 is 0 Å². The summed E-state index contributed by atoms with van der Waals surface area (Å²) in [5.41, 5.74) is 1.15. The van der Waals surface area contributed by atoms with Crippen molar-refractivity contribution in [2.45, 2.75) is 26.2 Å². The summed E-state index contributed by atoms with van der Waals surface area (Å²) in [5, 5.41) is 0. The Morgan fingerprint density at radius 3 is 2.70 bits per heavy atom. The lowest BCUT2D eigenvalue weighted by atomic mass is 10.1. The first-order valence-corrected chi connectivity index (χ1v) is 9.18. The molecule has 0 spiro atoms. The molecule has 2 aliphatic rings. The van der Waals surface area contributed by atoms with E-state index in [2.05, 4.69) is 15.0 Å². The van der Waals surface area contributed by atoms with Gasteiger partial charge in [0.25, 0.3) is 11.5 Å². The first-order valence-electron chi connectivity index (χ1n) is 9.18. The largest absolute Gasteiger partial charge is 0.436 e. The molecule has 1 atom stereocenters. The maximum absolute atomic E-state index is 12.7. The Labute approximate surface area is 156 Å². The molecule has 1 amide bonds. The quantitative estimate of drug-likeness (QED) is 0.850. The van der Waals surface area contributed by atoms with Gasteiger partial charge in [-0.05, 0) is 13.3 Å². The number of aromatic nitrogens is 3. The Kier molecular flexibility index (Phi) is 4.69. The number of aromatic amines is 1. The number of carbonyl (C=O) groups is 1. The number of amides is 1. The van der Waals surface area contributed by atoms with Crippen LogP contribution in [0.5, 0.6) is 0 Å². The standard InChI is InChI=1S/C18H23N5O4/c1-11-16(27-12(2)19-11)17(25)23-4-3-13(10-23)14-9-15(24)21-18(20-14)22-5-7-26-8-6-22/h9,13H,3-8,10H2,1-2H3,(H,20,21,24). The predicted octanol–water partition coefficient (Wildman–Crippen LogP) is 0.841. The topological polar surface area (TPSA) is 105 Å². The number of hydrogen-bond acceptors (Lipinski definition) is 7. The van der Waals surface area contributed by atoms with Gasteiger partial charge in [0.15, 0.2) is 5.89 Å². The Morgan fingerprint density at radius 1 is 1.22 bits per heavy atom. The summed E-state index contributed by atoms with van der Waals surface area (Å²) in [6.45, 7) is 7.25. The van der Waals surface area contributed by atoms with Gasteiger partial charge in [-0.2, -0.15) is 0 Å². The lowest BCUT2D eigenvalue weighted by Crippen LogP contribution is -2.38. The maximum atomic E-state index is 12.7. The number of aryl methyl sites for hydroxylation is 2. The first kappa shape index (κ1) is 17.7. The summed E-state index contributed by atoms with van der Waals surface area (Å²) in [7, 11) is 0. The lowest BCUT2D eigenvalue weighted by Gasteiger charge is -2.27. The second-order valence-electron chi connectivity index (χ2n) is 6.98. The van der Waals surface area contributed by atoms with E-state index in [1.807, 2.05) is 4.90 Å². The predicted molar refractivity (Wildman–Crippen MR) is 97.1 cm³/mol. The molecule has 2 saturated heterocycles. The molecule has 0 aliphatic carbocycles. The molecule has 9 nitrogen and oxygen atoms in total. The van der Waals surface area contributed by atoms with E-state index in [0.717, 1.165) is 12.1 Å². The van der Waals surface area contributed by atoms with Gasteiger partial charge in [0.2, 0.25) is 11.7 Å². The van der Waals surface area contributed by atoms with Crippen molar-refractivity contribution in [2.24, 2.45) is 0 Å². The SMILES string of the molecule is Cc1nc(C)c(C(=O)N2CCC(c3cc(=O)[nH]c(N4CCOCC4)n3)C2)o1. The molecule has 2 aliphatic heterocycles. The monoisotopic (exact) mass is 373 g/mol. The zero-order valence-corrected chi connectivity index (χ0v) is 15.5. The summed E-state index contributed by atoms with van der Waals surface area (Å²) in [4.78, 5) is 40.3. The van der Waals surface area contributed by atoms with Crippen LogP contribution in [0.3, 0.4) is 0 Å². The van der Waals surface area contributed by atoms with Gasteiger partial charge in [0.1, 0.15) is 0 Å². The van der Waals surface area contributed by atoms with Gasteiger partial charge in [-0.1, -0.05) is 0 Å². The molecule has 4 rings (SSSR count). The van der Waals surface area contributed by atoms with Crippen LogP contribution in [0.4, 0.5) is 5.95 Å². The van der Waals surface area contributed by atoms with E-state index in [-0.39, 0.29) is 17.4 Å². The lowest BCUT2D eigenvalue weighted by molar-refractivity contribution is 0.0756. The number of anilines is 1. The summed E-state index contributed by atoms with van der Waals surface area (Å²) in [6, 6.07) is 1.53. The molecule has 0 bridgehead atoms. The van der Waals surface area contributed by atoms with Crippen molar-refractivity contribution in [2.75, 3.05) is 44.3 Å². The second-order valence-corrected chi connectivity index (χ2v) is 6.98. The third kappa shape index (κ3) is 3.59. The van der Waals surface area contributed by atoms with E-state index < -0.39 is 0 Å². The number of morpholine rings is 1. The Hall–Kier alpha value is -2.68. The molecule has 2 aromatic heterocycles. The van der Waals surface area contributed by atoms with Crippen molar-refractivity contribution >= 4 is 11.9 Å². The zero-order chi connectivity index (χ0) is 19.0. The number of nitrogens with one attached hydrogen (secondary N) is 1. The van der Waals surface area contributed by atoms with Crippen LogP contribution in [0.15, 0.2) is 15.3 Å². The van der Waals surface area contributed by atoms with Crippen molar-refractivity contribution in [3.05, 3.63) is 39.5 Å². The number of rotatable bonds is 3. The number of H-pyrrole nitrogens is 1. The third-order valence-electron chi connectivity index (χ3n) is 5.05. The summed E-state index contributed by atoms with van der Waals surface area (Å²) in [6.07, 6.45) is 0.761. The Bertz CT molecular complexity index is 899. The molecule has 27 heavy (non-hydrogen) atoms. The van der Waals surface area contributed by atoms with Crippen LogP contribution < -0.4 is 10.5 Å². The third-order valence-corrected chi connectivity index (χ3v) is 5.05. The maximum Gasteiger partial charge on any atom is 0.291 e. The summed E-state index contributed by atoms with van der Waals surface area (Å²) < 4.78 is 10.8. The number of nitrogens with zero attached hydrogens (tertiary/aromatic N) is 4. The van der Waals surface area contributed by atoms with E-state index in [1.165, 1.54) is 6.07 Å². The second kappa shape index (κ2) is 7.15. The normalized spacial score (nSPS) is 20.3. The zero-order valence-electron chi connectivity index (χ0n) is 15.5. The highest BCUT2D eigenvalue weighted by atomic mass is 16.5. The number of ether oxygens (including phenoxy) is 1. The number of carbonyl (C=O) groups excluding carboxylic acids is 1. The molecule has 2 fully saturated rings. The van der Waals surface area contributed by atoms with Crippen LogP contribution in [0.2, 0.25) is 0 Å². The van der Waals surface area contributed by atoms with Crippen molar-refractivity contribution in [3.63, 3.8) is 0 Å². The molecule has 1 unspecified atom stereocenters. The van der Waals surface area contributed by atoms with Crippen molar-refractivity contribution in [1.29, 1.82) is 0 Å². The molecule has 0 radical (unpaired) electrons. The van der Waals surface area contributed by atoms with Crippen molar-refractivity contribution in [1.82, 2.24) is 19.9 Å². The minimum atomic E-state index is -0.173. The van der Waals surface area contributed by atoms with Gasteiger partial charge in [0.05, 0.1) is 24.6 Å². The van der Waals surface area contributed by atoms with Crippen LogP contribution in [-0.4, -0.2) is 65.2 Å². The van der Waals surface area contributed by atoms with Gasteiger partial charge < -0.3 is 19.0 Å². The molecular formula is C18H23N5O4. The van der Waals surface area contributed by atoms with E-state index >= 15 is 0 Å². The molecule has 0 aromatic carbocycles. The van der Waals surface area contributed by atoms with E-state index in [1.54, 1.807) is 18.7 Å². The van der Waals surface area contributed by atoms with Crippen LogP contribution in [0.25, 0.3) is 0 Å². The number of likely N-dealkylation sites (tertiary alicyclic amines) is 1. The molecule has 1 N–H and O–H groups in total. The minimum Gasteiger partial charge on any atom is -0.436 e. The van der Waals surface area contributed by atoms with E-state index in [0.29, 0.717) is 62.7 Å². The average molecular weight is 373 g/mol. The highest BCUT2D eigenvalue weighted by molar-refractivity contribution is 5.92. The average Bonchev–Trinajstić information content (AvgIpc) is 3.28. The number of oxazole rings is 1. The molecule has 9 heteroatoms. The molecule has 2 aromatic rings. The fourth-order valence-electron chi connectivity index (χ4n) is 3.66. The van der Waals surface area contributed by atoms with E-state index in [9.17, 15) is 9.59 Å². The van der Waals surface area contributed by atoms with E-state index in [4.69, 9.17) is 9.15 Å². The smallest absolute Gasteiger partial charge is 0.291 e. The van der Waals surface area contributed by atoms with Crippen LogP contribution in [-0.2, 0) is 4.74 Å². The molecule has 4 heterocycles. The van der Waals surface area contributed by atoms with Gasteiger partial charge >= 0.3 is 0 Å². The Morgan fingerprint density at radius 2 is 2.00 bits per heavy atom. The van der Waals surface area contributed by atoms with Crippen molar-refractivity contribution < 1.29 is 13.9 Å². The van der Waals surface area contributed by atoms with Gasteiger partial charge in [-0.3, -0.25) is 14.6 Å². The van der Waals surface area contributed by atoms with Gasteiger partial charge in [-0.15, -0.1) is 0 Å². The van der Waals surface area contributed by atoms with Crippen LogP contribution in [0, 0.1) is 13.8 Å². The molecule has 144 valence electrons. The fourth-order valence-corrected chi connectivity index (χ4v) is 3.66. The number of hydrogen-bond donors (Lipinski definition) is 1. The Balaban J connectivity index is 1.51. The summed E-state index contributed by atoms with van der Waals surface area (Å²) in [5.74, 6) is 1.22. The highest BCUT2D eigenvalue weighted by Crippen LogP contribution is 2.28.